The molecule has 1 aliphatic heterocycles. The highest BCUT2D eigenvalue weighted by Gasteiger charge is 2.24. The molecule has 0 radical (unpaired) electrons. The summed E-state index contributed by atoms with van der Waals surface area (Å²) in [5.41, 5.74) is 3.66. The second kappa shape index (κ2) is 7.98. The van der Waals surface area contributed by atoms with Crippen LogP contribution in [0.1, 0.15) is 23.2 Å². The molecule has 1 atom stereocenters. The molecule has 2 aromatic carbocycles. The fraction of sp³-hybridized carbons (Fsp3) is 0.304. The van der Waals surface area contributed by atoms with E-state index in [0.717, 1.165) is 47.2 Å². The summed E-state index contributed by atoms with van der Waals surface area (Å²) in [6.07, 6.45) is 3.89. The van der Waals surface area contributed by atoms with Gasteiger partial charge in [0.1, 0.15) is 11.3 Å². The van der Waals surface area contributed by atoms with E-state index in [1.54, 1.807) is 20.4 Å². The number of nitrogens with zero attached hydrogens (tertiary/aromatic N) is 2. The monoisotopic (exact) mass is 376 g/mol. The minimum Gasteiger partial charge on any atom is -0.494 e. The van der Waals surface area contributed by atoms with Gasteiger partial charge in [0.05, 0.1) is 13.2 Å². The quantitative estimate of drug-likeness (QED) is 0.686. The van der Waals surface area contributed by atoms with Gasteiger partial charge in [0.25, 0.3) is 5.91 Å². The number of carbonyl (C=O) groups excluding carboxylic acids is 1. The lowest BCUT2D eigenvalue weighted by atomic mass is 9.98. The van der Waals surface area contributed by atoms with E-state index in [1.165, 1.54) is 0 Å². The molecule has 4 rings (SSSR count). The SMILES string of the molecule is COc1ccc(-c2ccc(C(=O)N3CCCC(OC)C3)cc2)c2cccnc12. The lowest BCUT2D eigenvalue weighted by molar-refractivity contribution is 0.0269. The summed E-state index contributed by atoms with van der Waals surface area (Å²) in [7, 11) is 3.36. The number of aromatic nitrogens is 1. The van der Waals surface area contributed by atoms with Crippen molar-refractivity contribution < 1.29 is 14.3 Å². The average Bonchev–Trinajstić information content (AvgIpc) is 2.78. The molecule has 1 saturated heterocycles. The first-order chi connectivity index (χ1) is 13.7. The molecule has 3 aromatic rings. The molecule has 0 saturated carbocycles. The second-order valence-electron chi connectivity index (χ2n) is 7.04. The highest BCUT2D eigenvalue weighted by Crippen LogP contribution is 2.33. The predicted octanol–water partition coefficient (Wildman–Crippen LogP) is 4.16. The van der Waals surface area contributed by atoms with Crippen molar-refractivity contribution in [3.8, 4) is 16.9 Å². The largest absolute Gasteiger partial charge is 0.494 e. The standard InChI is InChI=1S/C23H24N2O3/c1-27-18-5-4-14-25(15-18)23(26)17-9-7-16(8-10-17)19-11-12-21(28-2)22-20(19)6-3-13-24-22/h3,6-13,18H,4-5,14-15H2,1-2H3. The zero-order valence-electron chi connectivity index (χ0n) is 16.2. The molecule has 5 nitrogen and oxygen atoms in total. The van der Waals surface area contributed by atoms with Crippen molar-refractivity contribution in [2.45, 2.75) is 18.9 Å². The number of methoxy groups -OCH3 is 2. The number of benzene rings is 2. The fourth-order valence-corrected chi connectivity index (χ4v) is 3.85. The topological polar surface area (TPSA) is 51.7 Å². The Labute approximate surface area is 164 Å². The van der Waals surface area contributed by atoms with Crippen LogP contribution >= 0.6 is 0 Å². The van der Waals surface area contributed by atoms with Crippen LogP contribution in [0.25, 0.3) is 22.0 Å². The zero-order chi connectivity index (χ0) is 19.5. The lowest BCUT2D eigenvalue weighted by Crippen LogP contribution is -2.42. The number of likely N-dealkylation sites (tertiary alicyclic amines) is 1. The van der Waals surface area contributed by atoms with Crippen molar-refractivity contribution in [2.75, 3.05) is 27.3 Å². The van der Waals surface area contributed by atoms with Gasteiger partial charge in [0.2, 0.25) is 0 Å². The average molecular weight is 376 g/mol. The summed E-state index contributed by atoms with van der Waals surface area (Å²) in [6, 6.07) is 15.7. The molecule has 0 aliphatic carbocycles. The number of carbonyl (C=O) groups is 1. The maximum atomic E-state index is 12.8. The van der Waals surface area contributed by atoms with E-state index in [4.69, 9.17) is 9.47 Å². The Kier molecular flexibility index (Phi) is 5.26. The minimum absolute atomic E-state index is 0.0644. The van der Waals surface area contributed by atoms with Gasteiger partial charge < -0.3 is 14.4 Å². The van der Waals surface area contributed by atoms with Crippen molar-refractivity contribution in [3.05, 3.63) is 60.3 Å². The van der Waals surface area contributed by atoms with E-state index < -0.39 is 0 Å². The molecule has 0 bridgehead atoms. The van der Waals surface area contributed by atoms with Crippen LogP contribution in [0.3, 0.4) is 0 Å². The number of pyridine rings is 1. The van der Waals surface area contributed by atoms with Crippen molar-refractivity contribution in [3.63, 3.8) is 0 Å². The third kappa shape index (κ3) is 3.45. The van der Waals surface area contributed by atoms with E-state index >= 15 is 0 Å². The van der Waals surface area contributed by atoms with Gasteiger partial charge in [0, 0.05) is 37.3 Å². The molecule has 0 spiro atoms. The maximum Gasteiger partial charge on any atom is 0.253 e. The normalized spacial score (nSPS) is 16.9. The Hall–Kier alpha value is -2.92. The molecule has 28 heavy (non-hydrogen) atoms. The van der Waals surface area contributed by atoms with E-state index in [9.17, 15) is 4.79 Å². The first-order valence-corrected chi connectivity index (χ1v) is 9.55. The van der Waals surface area contributed by atoms with Crippen LogP contribution < -0.4 is 4.74 Å². The second-order valence-corrected chi connectivity index (χ2v) is 7.04. The number of rotatable bonds is 4. The van der Waals surface area contributed by atoms with Crippen LogP contribution in [0.2, 0.25) is 0 Å². The third-order valence-corrected chi connectivity index (χ3v) is 5.39. The van der Waals surface area contributed by atoms with E-state index in [0.29, 0.717) is 12.1 Å². The highest BCUT2D eigenvalue weighted by atomic mass is 16.5. The van der Waals surface area contributed by atoms with Gasteiger partial charge in [-0.15, -0.1) is 0 Å². The van der Waals surface area contributed by atoms with Gasteiger partial charge in [-0.3, -0.25) is 9.78 Å². The minimum atomic E-state index is 0.0644. The van der Waals surface area contributed by atoms with Crippen molar-refractivity contribution in [1.82, 2.24) is 9.88 Å². The lowest BCUT2D eigenvalue weighted by Gasteiger charge is -2.32. The Morgan fingerprint density at radius 2 is 1.93 bits per heavy atom. The number of hydrogen-bond acceptors (Lipinski definition) is 4. The van der Waals surface area contributed by atoms with E-state index in [1.807, 2.05) is 53.4 Å². The summed E-state index contributed by atoms with van der Waals surface area (Å²) in [5.74, 6) is 0.818. The van der Waals surface area contributed by atoms with Gasteiger partial charge in [-0.1, -0.05) is 18.2 Å². The van der Waals surface area contributed by atoms with Crippen LogP contribution in [-0.2, 0) is 4.74 Å². The first kappa shape index (κ1) is 18.4. The first-order valence-electron chi connectivity index (χ1n) is 9.55. The molecule has 1 aliphatic rings. The third-order valence-electron chi connectivity index (χ3n) is 5.39. The summed E-state index contributed by atoms with van der Waals surface area (Å²) in [6.45, 7) is 1.45. The van der Waals surface area contributed by atoms with E-state index in [-0.39, 0.29) is 12.0 Å². The number of hydrogen-bond donors (Lipinski definition) is 0. The molecule has 144 valence electrons. The summed E-state index contributed by atoms with van der Waals surface area (Å²) >= 11 is 0. The van der Waals surface area contributed by atoms with Gasteiger partial charge in [-0.25, -0.2) is 0 Å². The molecular formula is C23H24N2O3. The summed E-state index contributed by atoms with van der Waals surface area (Å²) in [4.78, 5) is 19.2. The molecule has 1 fully saturated rings. The Balaban J connectivity index is 1.62. The van der Waals surface area contributed by atoms with Crippen molar-refractivity contribution in [2.24, 2.45) is 0 Å². The van der Waals surface area contributed by atoms with Crippen LogP contribution in [0, 0.1) is 0 Å². The fourth-order valence-electron chi connectivity index (χ4n) is 3.85. The molecule has 1 unspecified atom stereocenters. The Morgan fingerprint density at radius 3 is 2.68 bits per heavy atom. The Morgan fingerprint density at radius 1 is 1.11 bits per heavy atom. The molecule has 5 heteroatoms. The summed E-state index contributed by atoms with van der Waals surface area (Å²) < 4.78 is 10.9. The predicted molar refractivity (Wildman–Crippen MR) is 110 cm³/mol. The van der Waals surface area contributed by atoms with Crippen molar-refractivity contribution in [1.29, 1.82) is 0 Å². The van der Waals surface area contributed by atoms with E-state index in [2.05, 4.69) is 4.98 Å². The molecule has 1 aromatic heterocycles. The smallest absolute Gasteiger partial charge is 0.253 e. The van der Waals surface area contributed by atoms with Crippen LogP contribution in [0.15, 0.2) is 54.7 Å². The Bertz CT molecular complexity index is 985. The van der Waals surface area contributed by atoms with Gasteiger partial charge in [-0.2, -0.15) is 0 Å². The number of ether oxygens (including phenoxy) is 2. The molecule has 1 amide bonds. The zero-order valence-corrected chi connectivity index (χ0v) is 16.2. The van der Waals surface area contributed by atoms with Gasteiger partial charge in [0.15, 0.2) is 0 Å². The van der Waals surface area contributed by atoms with Crippen molar-refractivity contribution >= 4 is 16.8 Å². The molecule has 2 heterocycles. The summed E-state index contributed by atoms with van der Waals surface area (Å²) in [5, 5.41) is 1.03. The van der Waals surface area contributed by atoms with Crippen LogP contribution in [0.4, 0.5) is 0 Å². The number of piperidine rings is 1. The van der Waals surface area contributed by atoms with Crippen LogP contribution in [0.5, 0.6) is 5.75 Å². The number of amides is 1. The highest BCUT2D eigenvalue weighted by molar-refractivity contribution is 5.99. The van der Waals surface area contributed by atoms with Gasteiger partial charge in [-0.05, 0) is 54.3 Å². The number of fused-ring (bicyclic) bond motifs is 1. The molecular weight excluding hydrogens is 352 g/mol. The molecule has 0 N–H and O–H groups in total. The maximum absolute atomic E-state index is 12.8. The van der Waals surface area contributed by atoms with Gasteiger partial charge >= 0.3 is 0 Å². The van der Waals surface area contributed by atoms with Crippen LogP contribution in [-0.4, -0.2) is 49.2 Å².